The maximum Gasteiger partial charge on any atom is 0.248 e. The Morgan fingerprint density at radius 1 is 1.40 bits per heavy atom. The van der Waals surface area contributed by atoms with Crippen LogP contribution in [0.4, 0.5) is 0 Å². The highest BCUT2D eigenvalue weighted by Crippen LogP contribution is 2.22. The van der Waals surface area contributed by atoms with E-state index in [0.717, 1.165) is 12.1 Å². The maximum atomic E-state index is 12.7. The number of rotatable bonds is 5. The second-order valence-corrected chi connectivity index (χ2v) is 5.83. The smallest absolute Gasteiger partial charge is 0.248 e. The van der Waals surface area contributed by atoms with E-state index in [4.69, 9.17) is 0 Å². The first-order chi connectivity index (χ1) is 9.61. The van der Waals surface area contributed by atoms with E-state index in [1.165, 1.54) is 0 Å². The van der Waals surface area contributed by atoms with Crippen molar-refractivity contribution in [3.63, 3.8) is 0 Å². The van der Waals surface area contributed by atoms with Gasteiger partial charge >= 0.3 is 0 Å². The van der Waals surface area contributed by atoms with Gasteiger partial charge in [-0.3, -0.25) is 9.59 Å². The number of carbonyl (C=O) groups is 2. The minimum atomic E-state index is -0.727. The second kappa shape index (κ2) is 6.35. The van der Waals surface area contributed by atoms with Gasteiger partial charge in [0.25, 0.3) is 0 Å². The summed E-state index contributed by atoms with van der Waals surface area (Å²) in [6, 6.07) is 0. The normalized spacial score (nSPS) is 18.8. The molecule has 1 aliphatic rings. The summed E-state index contributed by atoms with van der Waals surface area (Å²) in [6.45, 7) is 5.02. The fourth-order valence-electron chi connectivity index (χ4n) is 2.58. The molecule has 20 heavy (non-hydrogen) atoms. The Kier molecular flexibility index (Phi) is 4.75. The van der Waals surface area contributed by atoms with Crippen LogP contribution in [0, 0.1) is 0 Å². The molecule has 1 saturated heterocycles. The molecule has 6 heteroatoms. The third-order valence-corrected chi connectivity index (χ3v) is 4.65. The summed E-state index contributed by atoms with van der Waals surface area (Å²) in [5.74, 6) is 0.0155. The predicted molar refractivity (Wildman–Crippen MR) is 78.5 cm³/mol. The molecule has 0 bridgehead atoms. The van der Waals surface area contributed by atoms with Gasteiger partial charge in [-0.2, -0.15) is 0 Å². The Hall–Kier alpha value is -1.43. The number of carbonyl (C=O) groups excluding carboxylic acids is 2. The molecule has 0 aliphatic carbocycles. The predicted octanol–water partition coefficient (Wildman–Crippen LogP) is 1.59. The van der Waals surface area contributed by atoms with Crippen LogP contribution < -0.4 is 5.32 Å². The molecular formula is C14H21N3O2S. The van der Waals surface area contributed by atoms with Gasteiger partial charge < -0.3 is 10.2 Å². The van der Waals surface area contributed by atoms with Gasteiger partial charge in [-0.1, -0.05) is 13.8 Å². The molecule has 1 aromatic rings. The van der Waals surface area contributed by atoms with Gasteiger partial charge in [-0.15, -0.1) is 11.3 Å². The van der Waals surface area contributed by atoms with E-state index in [1.54, 1.807) is 16.8 Å². The number of hydrogen-bond donors (Lipinski definition) is 1. The van der Waals surface area contributed by atoms with E-state index in [1.807, 2.05) is 24.1 Å². The molecule has 2 rings (SSSR count). The molecule has 0 aromatic carbocycles. The first-order valence-electron chi connectivity index (χ1n) is 7.08. The lowest BCUT2D eigenvalue weighted by molar-refractivity contribution is -0.139. The number of nitrogens with one attached hydrogen (secondary N) is 1. The highest BCUT2D eigenvalue weighted by atomic mass is 32.1. The zero-order chi connectivity index (χ0) is 14.6. The van der Waals surface area contributed by atoms with Crippen LogP contribution >= 0.6 is 11.3 Å². The first-order valence-corrected chi connectivity index (χ1v) is 8.03. The average molecular weight is 295 g/mol. The van der Waals surface area contributed by atoms with Gasteiger partial charge in [0.1, 0.15) is 5.54 Å². The number of amides is 2. The minimum absolute atomic E-state index is 0.0294. The van der Waals surface area contributed by atoms with Gasteiger partial charge in [-0.25, -0.2) is 4.98 Å². The number of aromatic nitrogens is 1. The van der Waals surface area contributed by atoms with Crippen LogP contribution in [0.1, 0.15) is 38.8 Å². The van der Waals surface area contributed by atoms with Crippen molar-refractivity contribution in [2.24, 2.45) is 0 Å². The molecule has 5 nitrogen and oxygen atoms in total. The van der Waals surface area contributed by atoms with Gasteiger partial charge in [0, 0.05) is 31.3 Å². The molecule has 0 radical (unpaired) electrons. The lowest BCUT2D eigenvalue weighted by Crippen LogP contribution is -2.56. The fourth-order valence-corrected chi connectivity index (χ4v) is 3.17. The minimum Gasteiger partial charge on any atom is -0.342 e. The van der Waals surface area contributed by atoms with Crippen molar-refractivity contribution >= 4 is 23.2 Å². The summed E-state index contributed by atoms with van der Waals surface area (Å²) in [5, 5.41) is 4.92. The van der Waals surface area contributed by atoms with Crippen molar-refractivity contribution < 1.29 is 9.59 Å². The maximum absolute atomic E-state index is 12.7. The highest BCUT2D eigenvalue weighted by Gasteiger charge is 2.41. The van der Waals surface area contributed by atoms with E-state index < -0.39 is 5.54 Å². The van der Waals surface area contributed by atoms with E-state index >= 15 is 0 Å². The summed E-state index contributed by atoms with van der Waals surface area (Å²) in [4.78, 5) is 30.6. The fraction of sp³-hybridized carbons (Fsp3) is 0.643. The van der Waals surface area contributed by atoms with E-state index in [9.17, 15) is 9.59 Å². The SMILES string of the molecule is CCC1(CC)NC(=O)CCN(CCc2cscn2)C1=O. The molecule has 1 aromatic heterocycles. The average Bonchev–Trinajstić information content (AvgIpc) is 2.93. The lowest BCUT2D eigenvalue weighted by Gasteiger charge is -2.33. The molecule has 0 saturated carbocycles. The van der Waals surface area contributed by atoms with Crippen LogP contribution in [0.5, 0.6) is 0 Å². The van der Waals surface area contributed by atoms with E-state index in [2.05, 4.69) is 10.3 Å². The molecule has 0 spiro atoms. The molecule has 2 heterocycles. The summed E-state index contributed by atoms with van der Waals surface area (Å²) >= 11 is 1.56. The first kappa shape index (κ1) is 15.0. The summed E-state index contributed by atoms with van der Waals surface area (Å²) in [7, 11) is 0. The number of hydrogen-bond acceptors (Lipinski definition) is 4. The van der Waals surface area contributed by atoms with E-state index in [0.29, 0.717) is 32.4 Å². The molecule has 1 aliphatic heterocycles. The highest BCUT2D eigenvalue weighted by molar-refractivity contribution is 7.07. The third-order valence-electron chi connectivity index (χ3n) is 4.01. The van der Waals surface area contributed by atoms with Crippen LogP contribution in [-0.2, 0) is 16.0 Å². The standard InChI is InChI=1S/C14H21N3O2S/c1-3-14(4-2)13(19)17(8-6-12(18)16-14)7-5-11-9-20-10-15-11/h9-10H,3-8H2,1-2H3,(H,16,18). The largest absolute Gasteiger partial charge is 0.342 e. The zero-order valence-corrected chi connectivity index (χ0v) is 12.8. The topological polar surface area (TPSA) is 62.3 Å². The molecular weight excluding hydrogens is 274 g/mol. The third kappa shape index (κ3) is 3.00. The van der Waals surface area contributed by atoms with Gasteiger partial charge in [-0.05, 0) is 12.8 Å². The van der Waals surface area contributed by atoms with Crippen molar-refractivity contribution in [3.05, 3.63) is 16.6 Å². The van der Waals surface area contributed by atoms with Crippen LogP contribution in [-0.4, -0.2) is 40.3 Å². The quantitative estimate of drug-likeness (QED) is 0.897. The Morgan fingerprint density at radius 2 is 2.15 bits per heavy atom. The monoisotopic (exact) mass is 295 g/mol. The molecule has 1 N–H and O–H groups in total. The molecule has 0 atom stereocenters. The number of thiazole rings is 1. The van der Waals surface area contributed by atoms with Gasteiger partial charge in [0.05, 0.1) is 11.2 Å². The van der Waals surface area contributed by atoms with Crippen molar-refractivity contribution in [1.29, 1.82) is 0 Å². The van der Waals surface area contributed by atoms with Crippen molar-refractivity contribution in [2.75, 3.05) is 13.1 Å². The molecule has 1 fully saturated rings. The second-order valence-electron chi connectivity index (χ2n) is 5.11. The lowest BCUT2D eigenvalue weighted by atomic mass is 9.91. The molecule has 2 amide bonds. The Bertz CT molecular complexity index is 469. The Balaban J connectivity index is 2.11. The van der Waals surface area contributed by atoms with Gasteiger partial charge in [0.15, 0.2) is 0 Å². The van der Waals surface area contributed by atoms with Crippen molar-refractivity contribution in [3.8, 4) is 0 Å². The molecule has 110 valence electrons. The zero-order valence-electron chi connectivity index (χ0n) is 12.0. The molecule has 0 unspecified atom stereocenters. The summed E-state index contributed by atoms with van der Waals surface area (Å²) in [6.07, 6.45) is 2.38. The summed E-state index contributed by atoms with van der Waals surface area (Å²) < 4.78 is 0. The van der Waals surface area contributed by atoms with Crippen LogP contribution in [0.3, 0.4) is 0 Å². The van der Waals surface area contributed by atoms with Gasteiger partial charge in [0.2, 0.25) is 11.8 Å². The van der Waals surface area contributed by atoms with Crippen molar-refractivity contribution in [2.45, 2.75) is 45.1 Å². The Labute approximate surface area is 123 Å². The van der Waals surface area contributed by atoms with Crippen LogP contribution in [0.25, 0.3) is 0 Å². The summed E-state index contributed by atoms with van der Waals surface area (Å²) in [5.41, 5.74) is 2.08. The Morgan fingerprint density at radius 3 is 2.75 bits per heavy atom. The van der Waals surface area contributed by atoms with Crippen LogP contribution in [0.15, 0.2) is 10.9 Å². The number of nitrogens with zero attached hydrogens (tertiary/aromatic N) is 2. The van der Waals surface area contributed by atoms with E-state index in [-0.39, 0.29) is 11.8 Å². The van der Waals surface area contributed by atoms with Crippen LogP contribution in [0.2, 0.25) is 0 Å². The van der Waals surface area contributed by atoms with Crippen molar-refractivity contribution in [1.82, 2.24) is 15.2 Å².